The standard InChI is InChI=1S/C37H66O3S2Si3/c1-12-41-36(42-13-2)30-34(35(39-44(17-6,18-7)19-8)31-38-43(14-3,15-4)16-5)40-45(37(9,10)11,32-26-22-20-23-27-32)33-28-24-21-25-29-33/h20-29,34-36H,12-19,30-31H2,1-11H3/t34-,35+/m0/s1. The van der Waals surface area contributed by atoms with E-state index < -0.39 is 25.0 Å². The van der Waals surface area contributed by atoms with Crippen molar-refractivity contribution in [3.05, 3.63) is 60.7 Å². The maximum atomic E-state index is 8.05. The molecule has 0 saturated carbocycles. The Morgan fingerprint density at radius 2 is 1.00 bits per heavy atom. The van der Waals surface area contributed by atoms with Crippen molar-refractivity contribution in [2.24, 2.45) is 0 Å². The first kappa shape index (κ1) is 40.8. The number of thioether (sulfide) groups is 2. The van der Waals surface area contributed by atoms with E-state index in [1.54, 1.807) is 0 Å². The molecule has 0 heterocycles. The number of hydrogen-bond acceptors (Lipinski definition) is 5. The lowest BCUT2D eigenvalue weighted by atomic mass is 10.2. The van der Waals surface area contributed by atoms with Crippen molar-refractivity contribution in [3.8, 4) is 0 Å². The van der Waals surface area contributed by atoms with E-state index in [1.807, 2.05) is 0 Å². The molecular weight excluding hydrogens is 641 g/mol. The Morgan fingerprint density at radius 3 is 1.36 bits per heavy atom. The van der Waals surface area contributed by atoms with E-state index in [0.717, 1.165) is 54.2 Å². The molecule has 2 aromatic carbocycles. The van der Waals surface area contributed by atoms with Crippen LogP contribution < -0.4 is 10.4 Å². The van der Waals surface area contributed by atoms with Gasteiger partial charge >= 0.3 is 0 Å². The van der Waals surface area contributed by atoms with Crippen molar-refractivity contribution >= 4 is 58.8 Å². The average Bonchev–Trinajstić information content (AvgIpc) is 3.06. The SMILES string of the molecule is CCSC(C[C@H](O[Si](c1ccccc1)(c1ccccc1)C(C)(C)C)[C@@H](CO[Si](CC)(CC)CC)O[Si](CC)(CC)CC)SCC. The zero-order chi connectivity index (χ0) is 33.6. The Balaban J connectivity index is 2.87. The smallest absolute Gasteiger partial charge is 0.261 e. The summed E-state index contributed by atoms with van der Waals surface area (Å²) in [7, 11) is -6.65. The lowest BCUT2D eigenvalue weighted by Crippen LogP contribution is -2.69. The van der Waals surface area contributed by atoms with E-state index in [2.05, 4.69) is 160 Å². The fourth-order valence-corrected chi connectivity index (χ4v) is 19.6. The maximum absolute atomic E-state index is 8.05. The van der Waals surface area contributed by atoms with Crippen LogP contribution in [0.3, 0.4) is 0 Å². The van der Waals surface area contributed by atoms with Crippen molar-refractivity contribution in [2.45, 2.75) is 141 Å². The summed E-state index contributed by atoms with van der Waals surface area (Å²) in [6, 6.07) is 29.1. The van der Waals surface area contributed by atoms with Crippen LogP contribution in [0.4, 0.5) is 0 Å². The molecule has 3 nitrogen and oxygen atoms in total. The summed E-state index contributed by atoms with van der Waals surface area (Å²) < 4.78 is 23.2. The number of rotatable bonds is 22. The topological polar surface area (TPSA) is 27.7 Å². The van der Waals surface area contributed by atoms with E-state index >= 15 is 0 Å². The van der Waals surface area contributed by atoms with Crippen LogP contribution in [0.5, 0.6) is 0 Å². The molecule has 256 valence electrons. The molecule has 2 rings (SSSR count). The van der Waals surface area contributed by atoms with E-state index in [0.29, 0.717) is 11.2 Å². The fourth-order valence-electron chi connectivity index (χ4n) is 6.79. The summed E-state index contributed by atoms with van der Waals surface area (Å²) >= 11 is 4.13. The number of benzene rings is 2. The fraction of sp³-hybridized carbons (Fsp3) is 0.676. The molecule has 0 radical (unpaired) electrons. The van der Waals surface area contributed by atoms with Crippen LogP contribution >= 0.6 is 23.5 Å². The molecule has 0 N–H and O–H groups in total. The van der Waals surface area contributed by atoms with Gasteiger partial charge in [0.15, 0.2) is 16.6 Å². The highest BCUT2D eigenvalue weighted by molar-refractivity contribution is 8.16. The zero-order valence-electron chi connectivity index (χ0n) is 30.6. The largest absolute Gasteiger partial charge is 0.414 e. The van der Waals surface area contributed by atoms with E-state index in [9.17, 15) is 0 Å². The van der Waals surface area contributed by atoms with Gasteiger partial charge in [0.1, 0.15) is 0 Å². The molecule has 8 heteroatoms. The van der Waals surface area contributed by atoms with Gasteiger partial charge < -0.3 is 13.3 Å². The molecule has 45 heavy (non-hydrogen) atoms. The van der Waals surface area contributed by atoms with E-state index in [4.69, 9.17) is 13.3 Å². The molecule has 2 atom stereocenters. The van der Waals surface area contributed by atoms with E-state index in [1.165, 1.54) is 10.4 Å². The van der Waals surface area contributed by atoms with Crippen molar-refractivity contribution in [1.82, 2.24) is 0 Å². The molecule has 0 unspecified atom stereocenters. The average molecular weight is 707 g/mol. The summed E-state index contributed by atoms with van der Waals surface area (Å²) in [5.74, 6) is 2.20. The van der Waals surface area contributed by atoms with Crippen LogP contribution in [0.25, 0.3) is 0 Å². The number of hydrogen-bond donors (Lipinski definition) is 0. The van der Waals surface area contributed by atoms with Gasteiger partial charge in [-0.15, -0.1) is 23.5 Å². The lowest BCUT2D eigenvalue weighted by molar-refractivity contribution is 0.00575. The minimum atomic E-state index is -2.82. The Bertz CT molecular complexity index is 998. The second kappa shape index (κ2) is 19.6. The highest BCUT2D eigenvalue weighted by atomic mass is 32.2. The highest BCUT2D eigenvalue weighted by Gasteiger charge is 2.53. The Morgan fingerprint density at radius 1 is 0.578 bits per heavy atom. The molecule has 0 aliphatic rings. The molecule has 0 saturated heterocycles. The van der Waals surface area contributed by atoms with Crippen molar-refractivity contribution in [1.29, 1.82) is 0 Å². The summed E-state index contributed by atoms with van der Waals surface area (Å²) in [5, 5.41) is 2.56. The second-order valence-corrected chi connectivity index (χ2v) is 30.4. The van der Waals surface area contributed by atoms with Gasteiger partial charge in [-0.05, 0) is 69.6 Å². The van der Waals surface area contributed by atoms with Gasteiger partial charge in [-0.1, -0.05) is 137 Å². The molecular formula is C37H66O3S2Si3. The van der Waals surface area contributed by atoms with Crippen LogP contribution in [0, 0.1) is 0 Å². The minimum Gasteiger partial charge on any atom is -0.414 e. The Hall–Kier alpha value is -0.329. The molecule has 0 bridgehead atoms. The third-order valence-electron chi connectivity index (χ3n) is 10.1. The van der Waals surface area contributed by atoms with Crippen LogP contribution in [-0.2, 0) is 13.3 Å². The third-order valence-corrected chi connectivity index (χ3v) is 27.1. The van der Waals surface area contributed by atoms with Crippen LogP contribution in [-0.4, -0.2) is 59.9 Å². The Labute approximate surface area is 290 Å². The molecule has 0 aliphatic carbocycles. The van der Waals surface area contributed by atoms with Crippen LogP contribution in [0.2, 0.25) is 41.3 Å². The second-order valence-electron chi connectivity index (χ2n) is 13.4. The predicted molar refractivity (Wildman–Crippen MR) is 212 cm³/mol. The first-order valence-electron chi connectivity index (χ1n) is 17.8. The predicted octanol–water partition coefficient (Wildman–Crippen LogP) is 10.6. The Kier molecular flexibility index (Phi) is 17.8. The van der Waals surface area contributed by atoms with Crippen molar-refractivity contribution < 1.29 is 13.3 Å². The molecule has 0 aliphatic heterocycles. The normalized spacial score (nSPS) is 14.6. The quantitative estimate of drug-likeness (QED) is 0.0898. The summed E-state index contributed by atoms with van der Waals surface area (Å²) in [6.07, 6.45) is 0.788. The van der Waals surface area contributed by atoms with E-state index in [-0.39, 0.29) is 17.2 Å². The molecule has 0 fully saturated rings. The summed E-state index contributed by atoms with van der Waals surface area (Å²) in [5.41, 5.74) is 0. The summed E-state index contributed by atoms with van der Waals surface area (Å²) in [4.78, 5) is 0. The van der Waals surface area contributed by atoms with Gasteiger partial charge in [0.05, 0.1) is 23.4 Å². The van der Waals surface area contributed by atoms with Gasteiger partial charge in [-0.3, -0.25) is 0 Å². The molecule has 0 aromatic heterocycles. The van der Waals surface area contributed by atoms with Crippen molar-refractivity contribution in [2.75, 3.05) is 18.1 Å². The molecule has 2 aromatic rings. The van der Waals surface area contributed by atoms with Gasteiger partial charge in [0, 0.05) is 0 Å². The minimum absolute atomic E-state index is 0.0757. The monoisotopic (exact) mass is 706 g/mol. The third kappa shape index (κ3) is 10.6. The van der Waals surface area contributed by atoms with Gasteiger partial charge in [-0.25, -0.2) is 0 Å². The first-order valence-corrected chi connectivity index (χ1v) is 26.9. The first-order chi connectivity index (χ1) is 21.5. The van der Waals surface area contributed by atoms with Gasteiger partial charge in [-0.2, -0.15) is 0 Å². The van der Waals surface area contributed by atoms with Gasteiger partial charge in [0.2, 0.25) is 0 Å². The van der Waals surface area contributed by atoms with Crippen LogP contribution in [0.15, 0.2) is 60.7 Å². The molecule has 0 spiro atoms. The van der Waals surface area contributed by atoms with Crippen LogP contribution in [0.1, 0.15) is 82.6 Å². The van der Waals surface area contributed by atoms with Crippen molar-refractivity contribution in [3.63, 3.8) is 0 Å². The van der Waals surface area contributed by atoms with Gasteiger partial charge in [0.25, 0.3) is 8.32 Å². The lowest BCUT2D eigenvalue weighted by Gasteiger charge is -2.48. The zero-order valence-corrected chi connectivity index (χ0v) is 35.3. The summed E-state index contributed by atoms with van der Waals surface area (Å²) in [6.45, 7) is 26.5. The highest BCUT2D eigenvalue weighted by Crippen LogP contribution is 2.41. The molecule has 0 amide bonds. The maximum Gasteiger partial charge on any atom is 0.261 e.